The fourth-order valence-electron chi connectivity index (χ4n) is 2.45. The van der Waals surface area contributed by atoms with Crippen molar-refractivity contribution in [1.82, 2.24) is 0 Å². The van der Waals surface area contributed by atoms with Gasteiger partial charge in [-0.05, 0) is 37.1 Å². The van der Waals surface area contributed by atoms with Gasteiger partial charge in [-0.25, -0.2) is 0 Å². The molecule has 0 aliphatic heterocycles. The SMILES string of the molecule is COc1cc(O)c(CC=C(C)CO)c(O)c1C(=O)C=Cc1ccc(O)cc1. The third kappa shape index (κ3) is 4.89. The molecule has 2 rings (SSSR count). The van der Waals surface area contributed by atoms with Crippen molar-refractivity contribution in [3.63, 3.8) is 0 Å². The van der Waals surface area contributed by atoms with Crippen molar-refractivity contribution in [2.75, 3.05) is 13.7 Å². The molecule has 0 amide bonds. The standard InChI is InChI=1S/C21H22O6/c1-13(12-22)3-9-16-18(25)11-19(27-2)20(21(16)26)17(24)10-6-14-4-7-15(23)8-5-14/h3-8,10-11,22-23,25-26H,9,12H2,1-2H3. The van der Waals surface area contributed by atoms with Crippen molar-refractivity contribution in [1.29, 1.82) is 0 Å². The maximum atomic E-state index is 12.6. The maximum Gasteiger partial charge on any atom is 0.193 e. The van der Waals surface area contributed by atoms with E-state index in [2.05, 4.69) is 0 Å². The average molecular weight is 370 g/mol. The first-order chi connectivity index (χ1) is 12.9. The molecular formula is C21H22O6. The molecular weight excluding hydrogens is 348 g/mol. The Morgan fingerprint density at radius 1 is 1.15 bits per heavy atom. The van der Waals surface area contributed by atoms with Gasteiger partial charge in [0.1, 0.15) is 28.6 Å². The number of allylic oxidation sites excluding steroid dienone is 2. The van der Waals surface area contributed by atoms with Crippen LogP contribution in [0.25, 0.3) is 6.08 Å². The number of aliphatic hydroxyl groups is 1. The number of phenolic OH excluding ortho intramolecular Hbond substituents is 3. The summed E-state index contributed by atoms with van der Waals surface area (Å²) in [6, 6.07) is 7.55. The molecule has 0 aliphatic carbocycles. The lowest BCUT2D eigenvalue weighted by Gasteiger charge is -2.13. The second-order valence-electron chi connectivity index (χ2n) is 6.00. The van der Waals surface area contributed by atoms with E-state index in [1.807, 2.05) is 0 Å². The Balaban J connectivity index is 2.41. The van der Waals surface area contributed by atoms with Crippen molar-refractivity contribution >= 4 is 11.9 Å². The molecule has 0 radical (unpaired) electrons. The zero-order chi connectivity index (χ0) is 20.0. The molecule has 0 atom stereocenters. The lowest BCUT2D eigenvalue weighted by Crippen LogP contribution is -2.02. The van der Waals surface area contributed by atoms with E-state index in [1.165, 1.54) is 31.4 Å². The molecule has 0 unspecified atom stereocenters. The molecule has 0 fully saturated rings. The van der Waals surface area contributed by atoms with Gasteiger partial charge in [-0.3, -0.25) is 4.79 Å². The van der Waals surface area contributed by atoms with E-state index < -0.39 is 5.78 Å². The highest BCUT2D eigenvalue weighted by Gasteiger charge is 2.21. The van der Waals surface area contributed by atoms with Crippen molar-refractivity contribution in [2.24, 2.45) is 0 Å². The quantitative estimate of drug-likeness (QED) is 0.339. The second-order valence-corrected chi connectivity index (χ2v) is 6.00. The van der Waals surface area contributed by atoms with Crippen molar-refractivity contribution in [2.45, 2.75) is 13.3 Å². The molecule has 2 aromatic carbocycles. The average Bonchev–Trinajstić information content (AvgIpc) is 2.66. The summed E-state index contributed by atoms with van der Waals surface area (Å²) in [6.45, 7) is 1.57. The number of aliphatic hydroxyl groups excluding tert-OH is 1. The number of ether oxygens (including phenoxy) is 1. The van der Waals surface area contributed by atoms with Crippen LogP contribution in [0.15, 0.2) is 48.1 Å². The summed E-state index contributed by atoms with van der Waals surface area (Å²) in [6.07, 6.45) is 4.63. The number of carbonyl (C=O) groups excluding carboxylic acids is 1. The third-order valence-electron chi connectivity index (χ3n) is 4.04. The molecule has 27 heavy (non-hydrogen) atoms. The van der Waals surface area contributed by atoms with Crippen LogP contribution in [0.4, 0.5) is 0 Å². The Bertz CT molecular complexity index is 879. The van der Waals surface area contributed by atoms with Crippen LogP contribution in [-0.4, -0.2) is 39.9 Å². The molecule has 6 nitrogen and oxygen atoms in total. The summed E-state index contributed by atoms with van der Waals surface area (Å²) < 4.78 is 5.13. The molecule has 0 bridgehead atoms. The van der Waals surface area contributed by atoms with Crippen LogP contribution in [0.1, 0.15) is 28.4 Å². The Labute approximate surface area is 157 Å². The van der Waals surface area contributed by atoms with E-state index in [0.29, 0.717) is 11.1 Å². The Hall–Kier alpha value is -3.25. The van der Waals surface area contributed by atoms with Crippen molar-refractivity contribution in [3.8, 4) is 23.0 Å². The first-order valence-electron chi connectivity index (χ1n) is 8.27. The van der Waals surface area contributed by atoms with Gasteiger partial charge >= 0.3 is 0 Å². The van der Waals surface area contributed by atoms with E-state index in [-0.39, 0.29) is 47.2 Å². The zero-order valence-electron chi connectivity index (χ0n) is 15.1. The van der Waals surface area contributed by atoms with Crippen LogP contribution in [0.3, 0.4) is 0 Å². The third-order valence-corrected chi connectivity index (χ3v) is 4.04. The number of rotatable bonds is 7. The van der Waals surface area contributed by atoms with E-state index in [9.17, 15) is 20.1 Å². The minimum absolute atomic E-state index is 0.0527. The number of phenols is 3. The lowest BCUT2D eigenvalue weighted by molar-refractivity contribution is 0.104. The van der Waals surface area contributed by atoms with Gasteiger partial charge in [0.25, 0.3) is 0 Å². The highest BCUT2D eigenvalue weighted by atomic mass is 16.5. The normalized spacial score (nSPS) is 11.7. The van der Waals surface area contributed by atoms with Gasteiger partial charge in [0.05, 0.1) is 13.7 Å². The van der Waals surface area contributed by atoms with E-state index >= 15 is 0 Å². The van der Waals surface area contributed by atoms with E-state index in [1.54, 1.807) is 31.2 Å². The number of hydrogen-bond acceptors (Lipinski definition) is 6. The zero-order valence-corrected chi connectivity index (χ0v) is 15.1. The van der Waals surface area contributed by atoms with Gasteiger partial charge < -0.3 is 25.2 Å². The molecule has 0 heterocycles. The molecule has 6 heteroatoms. The fraction of sp³-hybridized carbons (Fsp3) is 0.190. The lowest BCUT2D eigenvalue weighted by atomic mass is 9.99. The molecule has 0 saturated carbocycles. The van der Waals surface area contributed by atoms with Crippen LogP contribution >= 0.6 is 0 Å². The van der Waals surface area contributed by atoms with Gasteiger partial charge in [0, 0.05) is 11.6 Å². The van der Waals surface area contributed by atoms with Crippen molar-refractivity contribution < 1.29 is 30.0 Å². The van der Waals surface area contributed by atoms with Gasteiger partial charge in [-0.1, -0.05) is 29.9 Å². The van der Waals surface area contributed by atoms with Gasteiger partial charge in [0.2, 0.25) is 0 Å². The molecule has 0 spiro atoms. The number of hydrogen-bond donors (Lipinski definition) is 4. The summed E-state index contributed by atoms with van der Waals surface area (Å²) >= 11 is 0. The fourth-order valence-corrected chi connectivity index (χ4v) is 2.45. The molecule has 0 aromatic heterocycles. The highest BCUT2D eigenvalue weighted by Crippen LogP contribution is 2.39. The maximum absolute atomic E-state index is 12.6. The van der Waals surface area contributed by atoms with Crippen LogP contribution in [0.2, 0.25) is 0 Å². The topological polar surface area (TPSA) is 107 Å². The van der Waals surface area contributed by atoms with E-state index in [4.69, 9.17) is 9.84 Å². The largest absolute Gasteiger partial charge is 0.508 e. The summed E-state index contributed by atoms with van der Waals surface area (Å²) in [7, 11) is 1.34. The smallest absolute Gasteiger partial charge is 0.193 e. The number of methoxy groups -OCH3 is 1. The van der Waals surface area contributed by atoms with Gasteiger partial charge in [-0.2, -0.15) is 0 Å². The van der Waals surface area contributed by atoms with Crippen LogP contribution in [0.5, 0.6) is 23.0 Å². The summed E-state index contributed by atoms with van der Waals surface area (Å²) in [5.74, 6) is -0.898. The van der Waals surface area contributed by atoms with Crippen LogP contribution < -0.4 is 4.74 Å². The molecule has 142 valence electrons. The van der Waals surface area contributed by atoms with Crippen LogP contribution in [-0.2, 0) is 6.42 Å². The summed E-state index contributed by atoms with van der Waals surface area (Å²) in [5, 5.41) is 39.1. The van der Waals surface area contributed by atoms with Gasteiger partial charge in [-0.15, -0.1) is 0 Å². The first kappa shape index (κ1) is 20.1. The minimum Gasteiger partial charge on any atom is -0.508 e. The number of ketones is 1. The van der Waals surface area contributed by atoms with Crippen LogP contribution in [0, 0.1) is 0 Å². The summed E-state index contributed by atoms with van der Waals surface area (Å²) in [5.41, 5.74) is 1.48. The second kappa shape index (κ2) is 8.91. The predicted octanol–water partition coefficient (Wildman–Crippen LogP) is 3.19. The minimum atomic E-state index is -0.499. The van der Waals surface area contributed by atoms with Gasteiger partial charge in [0.15, 0.2) is 5.78 Å². The number of aromatic hydroxyl groups is 3. The predicted molar refractivity (Wildman–Crippen MR) is 102 cm³/mol. The first-order valence-corrected chi connectivity index (χ1v) is 8.27. The molecule has 0 saturated heterocycles. The number of benzene rings is 2. The Morgan fingerprint density at radius 3 is 2.41 bits per heavy atom. The van der Waals surface area contributed by atoms with E-state index in [0.717, 1.165) is 0 Å². The summed E-state index contributed by atoms with van der Waals surface area (Å²) in [4.78, 5) is 12.6. The number of carbonyl (C=O) groups is 1. The molecule has 2 aromatic rings. The monoisotopic (exact) mass is 370 g/mol. The van der Waals surface area contributed by atoms with Crippen molar-refractivity contribution in [3.05, 3.63) is 64.7 Å². The highest BCUT2D eigenvalue weighted by molar-refractivity contribution is 6.11. The molecule has 0 aliphatic rings. The molecule has 4 N–H and O–H groups in total. The Morgan fingerprint density at radius 2 is 1.81 bits per heavy atom. The Kier molecular flexibility index (Phi) is 6.62.